The van der Waals surface area contributed by atoms with E-state index in [9.17, 15) is 4.79 Å². The van der Waals surface area contributed by atoms with Crippen LogP contribution in [0.4, 0.5) is 5.69 Å². The second-order valence-electron chi connectivity index (χ2n) is 3.42. The van der Waals surface area contributed by atoms with E-state index in [1.807, 2.05) is 12.1 Å². The maximum atomic E-state index is 11.4. The molecule has 1 rings (SSSR count). The molecule has 0 atom stereocenters. The molecule has 0 aliphatic heterocycles. The molecule has 0 aliphatic carbocycles. The smallest absolute Gasteiger partial charge is 0.225 e. The van der Waals surface area contributed by atoms with Gasteiger partial charge < -0.3 is 15.8 Å². The number of carbonyl (C=O) groups excluding carboxylic acids is 1. The summed E-state index contributed by atoms with van der Waals surface area (Å²) in [6.45, 7) is 0.910. The predicted octanol–water partition coefficient (Wildman–Crippen LogP) is 1.38. The van der Waals surface area contributed by atoms with Gasteiger partial charge in [0, 0.05) is 31.1 Å². The summed E-state index contributed by atoms with van der Waals surface area (Å²) in [7, 11) is 0. The van der Waals surface area contributed by atoms with Gasteiger partial charge in [-0.1, -0.05) is 6.07 Å². The molecule has 0 aliphatic rings. The van der Waals surface area contributed by atoms with Gasteiger partial charge in [0.05, 0.1) is 0 Å². The molecule has 1 aromatic rings. The van der Waals surface area contributed by atoms with Crippen molar-refractivity contribution in [3.63, 3.8) is 0 Å². The van der Waals surface area contributed by atoms with Crippen molar-refractivity contribution >= 4 is 11.6 Å². The van der Waals surface area contributed by atoms with Crippen molar-refractivity contribution in [2.24, 2.45) is 5.73 Å². The zero-order valence-corrected chi connectivity index (χ0v) is 9.61. The van der Waals surface area contributed by atoms with Gasteiger partial charge in [0.1, 0.15) is 12.4 Å². The maximum absolute atomic E-state index is 11.4. The van der Waals surface area contributed by atoms with Gasteiger partial charge in [0.25, 0.3) is 0 Å². The van der Waals surface area contributed by atoms with Gasteiger partial charge in [0.2, 0.25) is 5.91 Å². The van der Waals surface area contributed by atoms with E-state index in [1.165, 1.54) is 0 Å². The van der Waals surface area contributed by atoms with Crippen LogP contribution >= 0.6 is 0 Å². The molecule has 0 saturated heterocycles. The number of nitrogens with two attached hydrogens (primary N) is 1. The molecule has 1 amide bonds. The summed E-state index contributed by atoms with van der Waals surface area (Å²) >= 11 is 0. The molecule has 4 heteroatoms. The van der Waals surface area contributed by atoms with Crippen LogP contribution in [0.25, 0.3) is 0 Å². The first-order valence-electron chi connectivity index (χ1n) is 5.42. The highest BCUT2D eigenvalue weighted by atomic mass is 16.5. The van der Waals surface area contributed by atoms with Crippen molar-refractivity contribution in [2.75, 3.05) is 18.5 Å². The lowest BCUT2D eigenvalue weighted by atomic mass is 10.2. The van der Waals surface area contributed by atoms with Crippen molar-refractivity contribution in [3.8, 4) is 18.1 Å². The van der Waals surface area contributed by atoms with Gasteiger partial charge in [-0.2, -0.15) is 0 Å². The topological polar surface area (TPSA) is 64.3 Å². The monoisotopic (exact) mass is 232 g/mol. The van der Waals surface area contributed by atoms with Gasteiger partial charge in [-0.3, -0.25) is 4.79 Å². The minimum atomic E-state index is -0.0982. The molecule has 0 heterocycles. The summed E-state index contributed by atoms with van der Waals surface area (Å²) in [5.74, 6) is 3.01. The average Bonchev–Trinajstić information content (AvgIpc) is 2.34. The molecule has 0 spiro atoms. The lowest BCUT2D eigenvalue weighted by Gasteiger charge is -2.07. The number of carbonyl (C=O) groups is 1. The number of anilines is 1. The van der Waals surface area contributed by atoms with E-state index in [1.54, 1.807) is 12.1 Å². The molecule has 0 unspecified atom stereocenters. The fourth-order valence-electron chi connectivity index (χ4n) is 1.25. The number of amides is 1. The van der Waals surface area contributed by atoms with Crippen molar-refractivity contribution in [1.29, 1.82) is 0 Å². The minimum Gasteiger partial charge on any atom is -0.492 e. The van der Waals surface area contributed by atoms with E-state index in [4.69, 9.17) is 16.9 Å². The van der Waals surface area contributed by atoms with Crippen LogP contribution in [0.3, 0.4) is 0 Å². The van der Waals surface area contributed by atoms with Gasteiger partial charge >= 0.3 is 0 Å². The van der Waals surface area contributed by atoms with Crippen LogP contribution in [0.2, 0.25) is 0 Å². The van der Waals surface area contributed by atoms with E-state index in [0.29, 0.717) is 37.4 Å². The fraction of sp³-hybridized carbons (Fsp3) is 0.308. The minimum absolute atomic E-state index is 0.0982. The zero-order valence-electron chi connectivity index (χ0n) is 9.61. The van der Waals surface area contributed by atoms with Crippen molar-refractivity contribution in [3.05, 3.63) is 24.3 Å². The number of hydrogen-bond acceptors (Lipinski definition) is 3. The van der Waals surface area contributed by atoms with Gasteiger partial charge in [-0.25, -0.2) is 0 Å². The number of ether oxygens (including phenoxy) is 1. The molecule has 0 saturated carbocycles. The van der Waals surface area contributed by atoms with E-state index in [-0.39, 0.29) is 5.91 Å². The molecular weight excluding hydrogens is 216 g/mol. The van der Waals surface area contributed by atoms with Crippen LogP contribution in [0, 0.1) is 12.3 Å². The molecule has 0 radical (unpaired) electrons. The lowest BCUT2D eigenvalue weighted by Crippen LogP contribution is -2.12. The molecular formula is C13H16N2O2. The Kier molecular flexibility index (Phi) is 5.62. The summed E-state index contributed by atoms with van der Waals surface area (Å²) in [6, 6.07) is 7.17. The lowest BCUT2D eigenvalue weighted by molar-refractivity contribution is -0.116. The first-order chi connectivity index (χ1) is 8.26. The van der Waals surface area contributed by atoms with Crippen LogP contribution in [0.5, 0.6) is 5.75 Å². The number of hydrogen-bond donors (Lipinski definition) is 2. The third-order valence-electron chi connectivity index (χ3n) is 2.00. The van der Waals surface area contributed by atoms with Crippen LogP contribution in [-0.2, 0) is 4.79 Å². The Bertz CT molecular complexity index is 410. The molecule has 17 heavy (non-hydrogen) atoms. The van der Waals surface area contributed by atoms with Crippen molar-refractivity contribution in [2.45, 2.75) is 12.8 Å². The average molecular weight is 232 g/mol. The van der Waals surface area contributed by atoms with Crippen LogP contribution in [-0.4, -0.2) is 19.1 Å². The second-order valence-corrected chi connectivity index (χ2v) is 3.42. The number of benzene rings is 1. The van der Waals surface area contributed by atoms with Crippen molar-refractivity contribution in [1.82, 2.24) is 0 Å². The Labute approximate surface area is 101 Å². The normalized spacial score (nSPS) is 9.41. The molecule has 0 aromatic heterocycles. The molecule has 3 N–H and O–H groups in total. The van der Waals surface area contributed by atoms with E-state index in [0.717, 1.165) is 0 Å². The first-order valence-corrected chi connectivity index (χ1v) is 5.42. The first kappa shape index (κ1) is 13.1. The molecule has 0 fully saturated rings. The summed E-state index contributed by atoms with van der Waals surface area (Å²) in [5, 5.41) is 2.75. The Balaban J connectivity index is 2.53. The van der Waals surface area contributed by atoms with Crippen LogP contribution in [0.1, 0.15) is 12.8 Å². The third kappa shape index (κ3) is 5.05. The van der Waals surface area contributed by atoms with Gasteiger partial charge in [-0.05, 0) is 12.1 Å². The predicted molar refractivity (Wildman–Crippen MR) is 67.7 cm³/mol. The molecule has 90 valence electrons. The summed E-state index contributed by atoms with van der Waals surface area (Å²) in [4.78, 5) is 11.4. The molecule has 0 bridgehead atoms. The Morgan fingerprint density at radius 1 is 1.53 bits per heavy atom. The highest BCUT2D eigenvalue weighted by Crippen LogP contribution is 2.17. The van der Waals surface area contributed by atoms with E-state index < -0.39 is 0 Å². The van der Waals surface area contributed by atoms with Crippen molar-refractivity contribution < 1.29 is 9.53 Å². The summed E-state index contributed by atoms with van der Waals surface area (Å²) in [5.41, 5.74) is 6.03. The van der Waals surface area contributed by atoms with Crippen LogP contribution in [0.15, 0.2) is 24.3 Å². The van der Waals surface area contributed by atoms with E-state index in [2.05, 4.69) is 11.2 Å². The standard InChI is InChI=1S/C13H16N2O2/c1-2-3-7-13(16)15-11-5-4-6-12(10-11)17-9-8-14/h1,4-6,10H,3,7-9,14H2,(H,15,16). The number of terminal acetylenes is 1. The summed E-state index contributed by atoms with van der Waals surface area (Å²) < 4.78 is 5.35. The number of rotatable bonds is 6. The third-order valence-corrected chi connectivity index (χ3v) is 2.00. The highest BCUT2D eigenvalue weighted by Gasteiger charge is 2.02. The molecule has 1 aromatic carbocycles. The Morgan fingerprint density at radius 3 is 3.06 bits per heavy atom. The quantitative estimate of drug-likeness (QED) is 0.728. The summed E-state index contributed by atoms with van der Waals surface area (Å²) in [6.07, 6.45) is 5.85. The van der Waals surface area contributed by atoms with Gasteiger partial charge in [0.15, 0.2) is 0 Å². The Morgan fingerprint density at radius 2 is 2.35 bits per heavy atom. The molecule has 4 nitrogen and oxygen atoms in total. The largest absolute Gasteiger partial charge is 0.492 e. The maximum Gasteiger partial charge on any atom is 0.225 e. The van der Waals surface area contributed by atoms with Gasteiger partial charge in [-0.15, -0.1) is 12.3 Å². The Hall–Kier alpha value is -1.99. The van der Waals surface area contributed by atoms with E-state index >= 15 is 0 Å². The van der Waals surface area contributed by atoms with Crippen LogP contribution < -0.4 is 15.8 Å². The fourth-order valence-corrected chi connectivity index (χ4v) is 1.25. The number of nitrogens with one attached hydrogen (secondary N) is 1. The highest BCUT2D eigenvalue weighted by molar-refractivity contribution is 5.90. The second kappa shape index (κ2) is 7.31. The SMILES string of the molecule is C#CCCC(=O)Nc1cccc(OCCN)c1. The zero-order chi connectivity index (χ0) is 12.5.